The zero-order chi connectivity index (χ0) is 22.2. The van der Waals surface area contributed by atoms with Gasteiger partial charge in [-0.15, -0.1) is 0 Å². The number of anilines is 1. The number of benzene rings is 2. The summed E-state index contributed by atoms with van der Waals surface area (Å²) in [4.78, 5) is 16.7. The smallest absolute Gasteiger partial charge is 0.325 e. The lowest BCUT2D eigenvalue weighted by Crippen LogP contribution is -2.18. The first kappa shape index (κ1) is 21.2. The minimum Gasteiger partial charge on any atom is -0.485 e. The second-order valence-electron chi connectivity index (χ2n) is 7.09. The first-order chi connectivity index (χ1) is 15.7. The number of carbonyl (C=O) groups is 1. The summed E-state index contributed by atoms with van der Waals surface area (Å²) in [6, 6.07) is 23.8. The lowest BCUT2D eigenvalue weighted by molar-refractivity contribution is -0.140. The highest BCUT2D eigenvalue weighted by molar-refractivity contribution is 5.80. The van der Waals surface area contributed by atoms with Gasteiger partial charge in [-0.2, -0.15) is 0 Å². The van der Waals surface area contributed by atoms with Gasteiger partial charge in [0.15, 0.2) is 11.4 Å². The number of carbonyl (C=O) groups excluding carboxylic acids is 1. The molecule has 0 atom stereocenters. The van der Waals surface area contributed by atoms with Crippen LogP contribution in [0.3, 0.4) is 0 Å². The molecule has 162 valence electrons. The Morgan fingerprint density at radius 2 is 1.75 bits per heavy atom. The fourth-order valence-electron chi connectivity index (χ4n) is 3.31. The summed E-state index contributed by atoms with van der Waals surface area (Å²) >= 11 is 0. The quantitative estimate of drug-likeness (QED) is 0.378. The molecule has 0 unspecified atom stereocenters. The van der Waals surface area contributed by atoms with E-state index in [1.54, 1.807) is 6.92 Å². The molecule has 1 N–H and O–H groups in total. The molecule has 32 heavy (non-hydrogen) atoms. The van der Waals surface area contributed by atoms with Crippen LogP contribution in [-0.4, -0.2) is 28.5 Å². The normalized spacial score (nSPS) is 11.0. The Balaban J connectivity index is 1.66. The minimum atomic E-state index is -0.322. The van der Waals surface area contributed by atoms with E-state index in [0.717, 1.165) is 11.1 Å². The van der Waals surface area contributed by atoms with E-state index in [1.807, 2.05) is 95.5 Å². The van der Waals surface area contributed by atoms with Crippen molar-refractivity contribution in [1.29, 1.82) is 0 Å². The van der Waals surface area contributed by atoms with Crippen LogP contribution in [0.4, 0.5) is 5.82 Å². The van der Waals surface area contributed by atoms with Gasteiger partial charge in [-0.25, -0.2) is 4.98 Å². The number of fused-ring (bicyclic) bond motifs is 1. The highest BCUT2D eigenvalue weighted by atomic mass is 16.5. The van der Waals surface area contributed by atoms with Gasteiger partial charge in [0.05, 0.1) is 6.61 Å². The van der Waals surface area contributed by atoms with E-state index in [-0.39, 0.29) is 12.5 Å². The minimum absolute atomic E-state index is 0.0446. The van der Waals surface area contributed by atoms with Crippen molar-refractivity contribution in [2.75, 3.05) is 18.5 Å². The van der Waals surface area contributed by atoms with Crippen LogP contribution in [0.15, 0.2) is 79.0 Å². The summed E-state index contributed by atoms with van der Waals surface area (Å²) < 4.78 is 13.0. The number of pyridine rings is 1. The van der Waals surface area contributed by atoms with Gasteiger partial charge >= 0.3 is 5.97 Å². The van der Waals surface area contributed by atoms with Crippen LogP contribution in [0.5, 0.6) is 5.75 Å². The summed E-state index contributed by atoms with van der Waals surface area (Å²) in [5.41, 5.74) is 3.50. The first-order valence-corrected chi connectivity index (χ1v) is 10.5. The van der Waals surface area contributed by atoms with E-state index >= 15 is 0 Å². The Labute approximate surface area is 187 Å². The molecular formula is C26H25N3O3. The van der Waals surface area contributed by atoms with Crippen molar-refractivity contribution in [1.82, 2.24) is 9.38 Å². The third-order valence-corrected chi connectivity index (χ3v) is 4.82. The Morgan fingerprint density at radius 1 is 1.00 bits per heavy atom. The molecule has 0 saturated carbocycles. The zero-order valence-electron chi connectivity index (χ0n) is 17.9. The van der Waals surface area contributed by atoms with Crippen molar-refractivity contribution in [2.45, 2.75) is 13.5 Å². The summed E-state index contributed by atoms with van der Waals surface area (Å²) in [7, 11) is 0. The third-order valence-electron chi connectivity index (χ3n) is 4.82. The average molecular weight is 428 g/mol. The maximum Gasteiger partial charge on any atom is 0.325 e. The fourth-order valence-corrected chi connectivity index (χ4v) is 3.31. The van der Waals surface area contributed by atoms with Crippen molar-refractivity contribution in [3.8, 4) is 5.75 Å². The topological polar surface area (TPSA) is 64.9 Å². The molecule has 6 nitrogen and oxygen atoms in total. The summed E-state index contributed by atoms with van der Waals surface area (Å²) in [6.45, 7) is 2.61. The molecule has 0 spiro atoms. The maximum absolute atomic E-state index is 11.9. The van der Waals surface area contributed by atoms with E-state index < -0.39 is 0 Å². The molecule has 0 fully saturated rings. The van der Waals surface area contributed by atoms with Crippen LogP contribution in [0.2, 0.25) is 0 Å². The zero-order valence-corrected chi connectivity index (χ0v) is 17.9. The molecule has 2 aromatic heterocycles. The van der Waals surface area contributed by atoms with Crippen molar-refractivity contribution in [3.05, 3.63) is 95.8 Å². The van der Waals surface area contributed by atoms with E-state index in [9.17, 15) is 4.79 Å². The number of rotatable bonds is 9. The molecule has 6 heteroatoms. The number of hydrogen-bond donors (Lipinski definition) is 1. The fraction of sp³-hybridized carbons (Fsp3) is 0.154. The number of esters is 1. The van der Waals surface area contributed by atoms with Gasteiger partial charge < -0.3 is 14.8 Å². The van der Waals surface area contributed by atoms with E-state index in [0.29, 0.717) is 36.1 Å². The van der Waals surface area contributed by atoms with Crippen LogP contribution < -0.4 is 10.1 Å². The molecule has 0 aliphatic carbocycles. The van der Waals surface area contributed by atoms with Gasteiger partial charge in [0, 0.05) is 6.20 Å². The Hall–Kier alpha value is -4.06. The third kappa shape index (κ3) is 5.16. The monoisotopic (exact) mass is 427 g/mol. The van der Waals surface area contributed by atoms with Crippen molar-refractivity contribution in [2.24, 2.45) is 0 Å². The largest absolute Gasteiger partial charge is 0.485 e. The number of nitrogens with zero attached hydrogens (tertiary/aromatic N) is 2. The Morgan fingerprint density at radius 3 is 2.50 bits per heavy atom. The van der Waals surface area contributed by atoms with Crippen molar-refractivity contribution < 1.29 is 14.3 Å². The molecule has 0 saturated heterocycles. The molecular weight excluding hydrogens is 402 g/mol. The molecule has 2 heterocycles. The van der Waals surface area contributed by atoms with E-state index in [1.165, 1.54) is 0 Å². The summed E-state index contributed by atoms with van der Waals surface area (Å²) in [6.07, 6.45) is 5.81. The van der Waals surface area contributed by atoms with Crippen LogP contribution in [0.25, 0.3) is 17.8 Å². The molecule has 0 radical (unpaired) electrons. The maximum atomic E-state index is 11.9. The van der Waals surface area contributed by atoms with Gasteiger partial charge in [0.25, 0.3) is 0 Å². The van der Waals surface area contributed by atoms with Crippen LogP contribution in [0.1, 0.15) is 23.7 Å². The lowest BCUT2D eigenvalue weighted by atomic mass is 10.2. The Bertz CT molecular complexity index is 1200. The van der Waals surface area contributed by atoms with Crippen LogP contribution in [0, 0.1) is 0 Å². The molecule has 0 bridgehead atoms. The predicted octanol–water partition coefficient (Wildman–Crippen LogP) is 5.06. The second kappa shape index (κ2) is 10.3. The van der Waals surface area contributed by atoms with Crippen molar-refractivity contribution >= 4 is 29.6 Å². The van der Waals surface area contributed by atoms with Crippen molar-refractivity contribution in [3.63, 3.8) is 0 Å². The van der Waals surface area contributed by atoms with Crippen LogP contribution in [-0.2, 0) is 16.1 Å². The number of aromatic nitrogens is 2. The molecule has 0 aliphatic heterocycles. The molecule has 0 aliphatic rings. The standard InChI is InChI=1S/C26H25N3O3/c1-2-31-24(30)18-27-25-22(16-15-20-10-5-3-6-11-20)28-26-23(14-9-17-29(25)26)32-19-21-12-7-4-8-13-21/h3-17,27H,2,18-19H2,1H3/b16-15+. The number of nitrogens with one attached hydrogen (secondary N) is 1. The first-order valence-electron chi connectivity index (χ1n) is 10.5. The predicted molar refractivity (Wildman–Crippen MR) is 126 cm³/mol. The lowest BCUT2D eigenvalue weighted by Gasteiger charge is -2.09. The molecule has 0 amide bonds. The molecule has 2 aromatic carbocycles. The number of ether oxygens (including phenoxy) is 2. The van der Waals surface area contributed by atoms with Gasteiger partial charge in [-0.3, -0.25) is 9.20 Å². The molecule has 4 rings (SSSR count). The number of hydrogen-bond acceptors (Lipinski definition) is 5. The second-order valence-corrected chi connectivity index (χ2v) is 7.09. The highest BCUT2D eigenvalue weighted by Crippen LogP contribution is 2.27. The van der Waals surface area contributed by atoms with Gasteiger partial charge in [-0.1, -0.05) is 66.7 Å². The van der Waals surface area contributed by atoms with Gasteiger partial charge in [0.1, 0.15) is 24.7 Å². The SMILES string of the molecule is CCOC(=O)CNc1c(/C=C/c2ccccc2)nc2c(OCc3ccccc3)cccn12. The van der Waals surface area contributed by atoms with Gasteiger partial charge in [-0.05, 0) is 36.3 Å². The van der Waals surface area contributed by atoms with Gasteiger partial charge in [0.2, 0.25) is 0 Å². The Kier molecular flexibility index (Phi) is 6.82. The van der Waals surface area contributed by atoms with E-state index in [4.69, 9.17) is 14.5 Å². The molecule has 4 aromatic rings. The summed E-state index contributed by atoms with van der Waals surface area (Å²) in [5, 5.41) is 3.18. The van der Waals surface area contributed by atoms with Crippen LogP contribution >= 0.6 is 0 Å². The number of imidazole rings is 1. The van der Waals surface area contributed by atoms with E-state index in [2.05, 4.69) is 5.32 Å². The highest BCUT2D eigenvalue weighted by Gasteiger charge is 2.15. The summed E-state index contributed by atoms with van der Waals surface area (Å²) in [5.74, 6) is 1.04. The average Bonchev–Trinajstić information content (AvgIpc) is 3.19.